The quantitative estimate of drug-likeness (QED) is 0.543. The fraction of sp³-hybridized carbons (Fsp3) is 0.308. The molecule has 1 rings (SSSR count). The molecule has 0 spiro atoms. The molecule has 0 aromatic heterocycles. The van der Waals surface area contributed by atoms with Crippen LogP contribution in [-0.4, -0.2) is 24.6 Å². The van der Waals surface area contributed by atoms with Crippen molar-refractivity contribution >= 4 is 15.8 Å². The normalized spacial score (nSPS) is 11.6. The molecule has 0 bridgehead atoms. The van der Waals surface area contributed by atoms with E-state index in [0.717, 1.165) is 0 Å². The van der Waals surface area contributed by atoms with E-state index in [1.54, 1.807) is 12.1 Å². The van der Waals surface area contributed by atoms with Crippen molar-refractivity contribution in [2.45, 2.75) is 6.92 Å². The lowest BCUT2D eigenvalue weighted by Gasteiger charge is -2.14. The first-order chi connectivity index (χ1) is 7.31. The van der Waals surface area contributed by atoms with Crippen molar-refractivity contribution in [1.29, 1.82) is 0 Å². The third-order valence-corrected chi connectivity index (χ3v) is 2.58. The monoisotopic (exact) mass is 238 g/mol. The smallest absolute Gasteiger partial charge is 0.162 e. The maximum Gasteiger partial charge on any atom is 0.162 e. The molecule has 0 radical (unpaired) electrons. The van der Waals surface area contributed by atoms with Crippen LogP contribution in [0.2, 0.25) is 0 Å². The van der Waals surface area contributed by atoms with Crippen LogP contribution in [0.15, 0.2) is 18.2 Å². The van der Waals surface area contributed by atoms with Gasteiger partial charge in [0.2, 0.25) is 0 Å². The van der Waals surface area contributed by atoms with E-state index in [0.29, 0.717) is 5.56 Å². The summed E-state index contributed by atoms with van der Waals surface area (Å²) in [6, 6.07) is 4.73. The third-order valence-electron chi connectivity index (χ3n) is 1.87. The molecular weight excluding hydrogens is 223 g/mol. The summed E-state index contributed by atoms with van der Waals surface area (Å²) in [5, 5.41) is 3.03. The molecule has 0 N–H and O–H groups in total. The molecule has 0 aliphatic carbocycles. The molecule has 0 saturated carbocycles. The fourth-order valence-corrected chi connectivity index (χ4v) is 1.52. The Labute approximate surface area is 97.4 Å². The highest BCUT2D eigenvalue weighted by Crippen LogP contribution is 2.32. The Bertz CT molecular complexity index is 475. The third kappa shape index (κ3) is 3.39. The predicted molar refractivity (Wildman–Crippen MR) is 68.6 cm³/mol. The van der Waals surface area contributed by atoms with Crippen molar-refractivity contribution in [2.75, 3.05) is 18.8 Å². The van der Waals surface area contributed by atoms with Crippen molar-refractivity contribution in [3.63, 3.8) is 0 Å². The predicted octanol–water partition coefficient (Wildman–Crippen LogP) is 3.03. The van der Waals surface area contributed by atoms with Crippen LogP contribution in [0.25, 0.3) is 0 Å². The van der Waals surface area contributed by atoms with Gasteiger partial charge in [0.05, 0.1) is 11.1 Å². The van der Waals surface area contributed by atoms with E-state index < -0.39 is 15.8 Å². The molecule has 0 aliphatic rings. The van der Waals surface area contributed by atoms with Crippen molar-refractivity contribution < 1.29 is 9.18 Å². The molecule has 1 aromatic carbocycles. The van der Waals surface area contributed by atoms with E-state index in [-0.39, 0.29) is 11.3 Å². The summed E-state index contributed by atoms with van der Waals surface area (Å²) >= 11 is 0. The van der Waals surface area contributed by atoms with Crippen molar-refractivity contribution in [3.8, 4) is 11.2 Å². The zero-order chi connectivity index (χ0) is 12.3. The SMILES string of the molecule is CC(=O)c1cccc(C#CS(C)(C)C)c1F. The summed E-state index contributed by atoms with van der Waals surface area (Å²) < 4.78 is 13.8. The Balaban J connectivity index is 3.20. The zero-order valence-corrected chi connectivity index (χ0v) is 10.7. The number of carbonyl (C=O) groups is 1. The molecule has 0 heterocycles. The van der Waals surface area contributed by atoms with Crippen LogP contribution in [0.4, 0.5) is 4.39 Å². The van der Waals surface area contributed by atoms with Crippen LogP contribution < -0.4 is 0 Å². The first kappa shape index (κ1) is 12.8. The van der Waals surface area contributed by atoms with Gasteiger partial charge in [0.15, 0.2) is 5.78 Å². The molecule has 86 valence electrons. The highest BCUT2D eigenvalue weighted by Gasteiger charge is 2.09. The van der Waals surface area contributed by atoms with Gasteiger partial charge >= 0.3 is 0 Å². The Morgan fingerprint density at radius 2 is 1.94 bits per heavy atom. The summed E-state index contributed by atoms with van der Waals surface area (Å²) in [4.78, 5) is 11.1. The Morgan fingerprint density at radius 1 is 1.31 bits per heavy atom. The van der Waals surface area contributed by atoms with Gasteiger partial charge in [-0.2, -0.15) is 10.0 Å². The zero-order valence-electron chi connectivity index (χ0n) is 9.93. The number of benzene rings is 1. The van der Waals surface area contributed by atoms with Gasteiger partial charge in [-0.3, -0.25) is 4.79 Å². The van der Waals surface area contributed by atoms with E-state index in [1.165, 1.54) is 13.0 Å². The summed E-state index contributed by atoms with van der Waals surface area (Å²) in [5.41, 5.74) is 0.408. The Hall–Kier alpha value is -1.27. The van der Waals surface area contributed by atoms with Gasteiger partial charge in [-0.1, -0.05) is 12.0 Å². The van der Waals surface area contributed by atoms with Gasteiger partial charge in [-0.25, -0.2) is 4.39 Å². The second-order valence-electron chi connectivity index (χ2n) is 4.29. The summed E-state index contributed by atoms with van der Waals surface area (Å²) in [7, 11) is -0.985. The van der Waals surface area contributed by atoms with Crippen LogP contribution in [0.5, 0.6) is 0 Å². The lowest BCUT2D eigenvalue weighted by atomic mass is 10.1. The number of Topliss-reactive ketones (excluding diaryl/α,β-unsaturated/α-hetero) is 1. The summed E-state index contributed by atoms with van der Waals surface area (Å²) in [6.07, 6.45) is 6.10. The van der Waals surface area contributed by atoms with Crippen molar-refractivity contribution in [3.05, 3.63) is 35.1 Å². The lowest BCUT2D eigenvalue weighted by molar-refractivity contribution is 0.101. The molecule has 1 aromatic rings. The number of ketones is 1. The second-order valence-corrected chi connectivity index (χ2v) is 8.17. The number of carbonyl (C=O) groups excluding carboxylic acids is 1. The average Bonchev–Trinajstić information content (AvgIpc) is 2.14. The van der Waals surface area contributed by atoms with Gasteiger partial charge in [0.1, 0.15) is 5.82 Å². The van der Waals surface area contributed by atoms with E-state index in [4.69, 9.17) is 0 Å². The van der Waals surface area contributed by atoms with Gasteiger partial charge in [0.25, 0.3) is 0 Å². The molecule has 16 heavy (non-hydrogen) atoms. The Morgan fingerprint density at radius 3 is 2.44 bits per heavy atom. The van der Waals surface area contributed by atoms with Crippen LogP contribution in [0.1, 0.15) is 22.8 Å². The Kier molecular flexibility index (Phi) is 3.77. The molecular formula is C13H15FOS. The van der Waals surface area contributed by atoms with E-state index in [9.17, 15) is 9.18 Å². The summed E-state index contributed by atoms with van der Waals surface area (Å²) in [5.74, 6) is 2.03. The minimum atomic E-state index is -0.985. The molecule has 0 amide bonds. The molecule has 0 fully saturated rings. The van der Waals surface area contributed by atoms with E-state index in [1.807, 2.05) is 18.8 Å². The maximum atomic E-state index is 13.8. The maximum absolute atomic E-state index is 13.8. The molecule has 3 heteroatoms. The minimum Gasteiger partial charge on any atom is -0.294 e. The van der Waals surface area contributed by atoms with Crippen LogP contribution in [0, 0.1) is 17.0 Å². The largest absolute Gasteiger partial charge is 0.294 e. The standard InChI is InChI=1S/C13H15FOS/c1-10(15)12-7-5-6-11(13(12)14)8-9-16(2,3)4/h5-7H,1-4H3. The van der Waals surface area contributed by atoms with Crippen LogP contribution >= 0.6 is 10.0 Å². The fourth-order valence-electron chi connectivity index (χ4n) is 1.11. The van der Waals surface area contributed by atoms with Gasteiger partial charge < -0.3 is 0 Å². The van der Waals surface area contributed by atoms with Gasteiger partial charge in [0, 0.05) is 0 Å². The molecule has 0 unspecified atom stereocenters. The number of halogens is 1. The molecule has 0 saturated heterocycles. The van der Waals surface area contributed by atoms with E-state index in [2.05, 4.69) is 11.2 Å². The number of hydrogen-bond donors (Lipinski definition) is 0. The molecule has 0 aliphatic heterocycles. The van der Waals surface area contributed by atoms with Crippen LogP contribution in [-0.2, 0) is 0 Å². The second kappa shape index (κ2) is 4.71. The molecule has 1 nitrogen and oxygen atoms in total. The highest BCUT2D eigenvalue weighted by atomic mass is 32.3. The van der Waals surface area contributed by atoms with Crippen molar-refractivity contribution in [1.82, 2.24) is 0 Å². The topological polar surface area (TPSA) is 17.1 Å². The summed E-state index contributed by atoms with van der Waals surface area (Å²) in [6.45, 7) is 1.35. The minimum absolute atomic E-state index is 0.107. The molecule has 0 atom stereocenters. The van der Waals surface area contributed by atoms with Crippen molar-refractivity contribution in [2.24, 2.45) is 0 Å². The lowest BCUT2D eigenvalue weighted by Crippen LogP contribution is -1.99. The van der Waals surface area contributed by atoms with Gasteiger partial charge in [-0.05, 0) is 43.1 Å². The number of rotatable bonds is 1. The average molecular weight is 238 g/mol. The first-order valence-electron chi connectivity index (χ1n) is 4.82. The van der Waals surface area contributed by atoms with Crippen LogP contribution in [0.3, 0.4) is 0 Å². The van der Waals surface area contributed by atoms with E-state index >= 15 is 0 Å². The van der Waals surface area contributed by atoms with Gasteiger partial charge in [-0.15, -0.1) is 0 Å². The first-order valence-corrected chi connectivity index (χ1v) is 7.67. The highest BCUT2D eigenvalue weighted by molar-refractivity contribution is 8.35. The number of hydrogen-bond acceptors (Lipinski definition) is 1.